The molecular formula is C51H94O6. The summed E-state index contributed by atoms with van der Waals surface area (Å²) in [4.78, 5) is 37.8. The summed E-state index contributed by atoms with van der Waals surface area (Å²) in [6, 6.07) is 0. The van der Waals surface area contributed by atoms with Crippen molar-refractivity contribution in [3.8, 4) is 0 Å². The number of ether oxygens (including phenoxy) is 3. The van der Waals surface area contributed by atoms with Crippen molar-refractivity contribution >= 4 is 17.9 Å². The minimum atomic E-state index is -0.786. The average Bonchev–Trinajstić information content (AvgIpc) is 3.21. The lowest BCUT2D eigenvalue weighted by Crippen LogP contribution is -2.30. The van der Waals surface area contributed by atoms with E-state index in [1.165, 1.54) is 167 Å². The maximum atomic E-state index is 12.7. The van der Waals surface area contributed by atoms with Crippen LogP contribution in [0.2, 0.25) is 0 Å². The van der Waals surface area contributed by atoms with Gasteiger partial charge in [-0.2, -0.15) is 0 Å². The summed E-state index contributed by atoms with van der Waals surface area (Å²) < 4.78 is 16.7. The lowest BCUT2D eigenvalue weighted by molar-refractivity contribution is -0.166. The van der Waals surface area contributed by atoms with E-state index in [1.54, 1.807) is 0 Å². The Morgan fingerprint density at radius 2 is 0.667 bits per heavy atom. The number of rotatable bonds is 45. The summed E-state index contributed by atoms with van der Waals surface area (Å²) in [5.41, 5.74) is 0. The Morgan fingerprint density at radius 3 is 1.07 bits per heavy atom. The SMILES string of the molecule is CCCCCCCCCCC=CCC=CCCC(=O)OCC(COC(=O)CCCCCCCCCCCCC)OC(=O)CCCCCCCCCCCCCCC. The second kappa shape index (κ2) is 46.6. The monoisotopic (exact) mass is 803 g/mol. The summed E-state index contributed by atoms with van der Waals surface area (Å²) in [6.45, 7) is 6.59. The lowest BCUT2D eigenvalue weighted by Gasteiger charge is -2.18. The first-order chi connectivity index (χ1) is 28.0. The number of carbonyl (C=O) groups excluding carboxylic acids is 3. The summed E-state index contributed by atoms with van der Waals surface area (Å²) >= 11 is 0. The van der Waals surface area contributed by atoms with E-state index in [2.05, 4.69) is 39.0 Å². The minimum absolute atomic E-state index is 0.0836. The van der Waals surface area contributed by atoms with Crippen LogP contribution in [0.1, 0.15) is 265 Å². The molecule has 0 fully saturated rings. The second-order valence-electron chi connectivity index (χ2n) is 16.7. The molecule has 0 aliphatic heterocycles. The highest BCUT2D eigenvalue weighted by molar-refractivity contribution is 5.71. The zero-order valence-corrected chi connectivity index (χ0v) is 38.1. The summed E-state index contributed by atoms with van der Waals surface area (Å²) in [7, 11) is 0. The fourth-order valence-electron chi connectivity index (χ4n) is 7.20. The molecule has 1 unspecified atom stereocenters. The van der Waals surface area contributed by atoms with Crippen molar-refractivity contribution in [3.05, 3.63) is 24.3 Å². The van der Waals surface area contributed by atoms with Crippen molar-refractivity contribution in [1.29, 1.82) is 0 Å². The Bertz CT molecular complexity index is 927. The first-order valence-electron chi connectivity index (χ1n) is 24.8. The fraction of sp³-hybridized carbons (Fsp3) is 0.863. The van der Waals surface area contributed by atoms with Gasteiger partial charge in [0.15, 0.2) is 6.10 Å². The molecule has 0 radical (unpaired) electrons. The van der Waals surface area contributed by atoms with Gasteiger partial charge in [-0.1, -0.05) is 231 Å². The highest BCUT2D eigenvalue weighted by Crippen LogP contribution is 2.15. The Morgan fingerprint density at radius 1 is 0.351 bits per heavy atom. The molecule has 0 aromatic carbocycles. The van der Waals surface area contributed by atoms with Crippen LogP contribution in [0.15, 0.2) is 24.3 Å². The van der Waals surface area contributed by atoms with E-state index >= 15 is 0 Å². The van der Waals surface area contributed by atoms with E-state index in [0.717, 1.165) is 51.4 Å². The average molecular weight is 803 g/mol. The minimum Gasteiger partial charge on any atom is -0.462 e. The van der Waals surface area contributed by atoms with E-state index in [4.69, 9.17) is 14.2 Å². The van der Waals surface area contributed by atoms with E-state index in [9.17, 15) is 14.4 Å². The zero-order valence-electron chi connectivity index (χ0n) is 38.1. The molecule has 6 nitrogen and oxygen atoms in total. The molecule has 1 atom stereocenters. The third-order valence-electron chi connectivity index (χ3n) is 11.0. The van der Waals surface area contributed by atoms with E-state index in [1.807, 2.05) is 6.08 Å². The molecule has 57 heavy (non-hydrogen) atoms. The molecule has 0 aromatic heterocycles. The molecule has 0 aromatic rings. The lowest BCUT2D eigenvalue weighted by atomic mass is 10.0. The molecular weight excluding hydrogens is 709 g/mol. The molecule has 0 amide bonds. The van der Waals surface area contributed by atoms with Crippen LogP contribution < -0.4 is 0 Å². The summed E-state index contributed by atoms with van der Waals surface area (Å²) in [5.74, 6) is -0.944. The Hall–Kier alpha value is -2.11. The normalized spacial score (nSPS) is 12.1. The number of hydrogen-bond acceptors (Lipinski definition) is 6. The third kappa shape index (κ3) is 44.8. The van der Waals surface area contributed by atoms with Crippen LogP contribution in [0.25, 0.3) is 0 Å². The van der Waals surface area contributed by atoms with Crippen molar-refractivity contribution in [2.45, 2.75) is 271 Å². The predicted octanol–water partition coefficient (Wildman–Crippen LogP) is 16.0. The number of unbranched alkanes of at least 4 members (excludes halogenated alkanes) is 30. The van der Waals surface area contributed by atoms with E-state index < -0.39 is 6.10 Å². The van der Waals surface area contributed by atoms with Gasteiger partial charge in [-0.25, -0.2) is 0 Å². The quantitative estimate of drug-likeness (QED) is 0.0264. The van der Waals surface area contributed by atoms with E-state index in [0.29, 0.717) is 19.3 Å². The first-order valence-corrected chi connectivity index (χ1v) is 24.8. The second-order valence-corrected chi connectivity index (χ2v) is 16.7. The molecule has 6 heteroatoms. The highest BCUT2D eigenvalue weighted by Gasteiger charge is 2.19. The van der Waals surface area contributed by atoms with Crippen molar-refractivity contribution in [3.63, 3.8) is 0 Å². The topological polar surface area (TPSA) is 78.9 Å². The smallest absolute Gasteiger partial charge is 0.306 e. The summed E-state index contributed by atoms with van der Waals surface area (Å²) in [5, 5.41) is 0. The third-order valence-corrected chi connectivity index (χ3v) is 11.0. The van der Waals surface area contributed by atoms with Gasteiger partial charge in [0.25, 0.3) is 0 Å². The van der Waals surface area contributed by atoms with Gasteiger partial charge in [0, 0.05) is 19.3 Å². The van der Waals surface area contributed by atoms with Crippen molar-refractivity contribution in [2.24, 2.45) is 0 Å². The summed E-state index contributed by atoms with van der Waals surface area (Å²) in [6.07, 6.45) is 51.7. The number of hydrogen-bond donors (Lipinski definition) is 0. The Labute approximate surface area is 353 Å². The van der Waals surface area contributed by atoms with Gasteiger partial charge in [0.2, 0.25) is 0 Å². The molecule has 0 aliphatic rings. The maximum Gasteiger partial charge on any atom is 0.306 e. The van der Waals surface area contributed by atoms with Crippen LogP contribution in [0, 0.1) is 0 Å². The van der Waals surface area contributed by atoms with Crippen LogP contribution >= 0.6 is 0 Å². The molecule has 0 spiro atoms. The standard InChI is InChI=1S/C51H94O6/c1-4-7-10-13-16-19-22-24-25-27-29-32-35-38-41-44-50(53)56-47-48(46-55-49(52)43-40-37-34-31-28-21-18-15-12-9-6-3)57-51(54)45-42-39-36-33-30-26-23-20-17-14-11-8-5-2/h27,29,35,38,48H,4-26,28,30-34,36-37,39-47H2,1-3H3. The molecule has 0 bridgehead atoms. The van der Waals surface area contributed by atoms with Crippen LogP contribution in [-0.2, 0) is 28.6 Å². The highest BCUT2D eigenvalue weighted by atomic mass is 16.6. The molecule has 0 aliphatic carbocycles. The van der Waals surface area contributed by atoms with Crippen molar-refractivity contribution in [1.82, 2.24) is 0 Å². The molecule has 0 heterocycles. The molecule has 0 saturated heterocycles. The zero-order chi connectivity index (χ0) is 41.5. The number of esters is 3. The molecule has 0 saturated carbocycles. The van der Waals surface area contributed by atoms with Gasteiger partial charge < -0.3 is 14.2 Å². The Kier molecular flexibility index (Phi) is 44.9. The van der Waals surface area contributed by atoms with Gasteiger partial charge in [0.1, 0.15) is 13.2 Å². The van der Waals surface area contributed by atoms with Crippen LogP contribution in [0.5, 0.6) is 0 Å². The van der Waals surface area contributed by atoms with E-state index in [-0.39, 0.29) is 37.5 Å². The van der Waals surface area contributed by atoms with Crippen molar-refractivity contribution in [2.75, 3.05) is 13.2 Å². The Balaban J connectivity index is 4.40. The van der Waals surface area contributed by atoms with Gasteiger partial charge in [-0.15, -0.1) is 0 Å². The number of carbonyl (C=O) groups is 3. The molecule has 0 N–H and O–H groups in total. The number of allylic oxidation sites excluding steroid dienone is 4. The first kappa shape index (κ1) is 54.9. The predicted molar refractivity (Wildman–Crippen MR) is 243 cm³/mol. The molecule has 334 valence electrons. The maximum absolute atomic E-state index is 12.7. The van der Waals surface area contributed by atoms with Gasteiger partial charge in [-0.3, -0.25) is 14.4 Å². The fourth-order valence-corrected chi connectivity index (χ4v) is 7.20. The van der Waals surface area contributed by atoms with Crippen LogP contribution in [0.4, 0.5) is 0 Å². The largest absolute Gasteiger partial charge is 0.462 e. The molecule has 0 rings (SSSR count). The van der Waals surface area contributed by atoms with Crippen LogP contribution in [0.3, 0.4) is 0 Å². The van der Waals surface area contributed by atoms with Gasteiger partial charge >= 0.3 is 17.9 Å². The van der Waals surface area contributed by atoms with Gasteiger partial charge in [0.05, 0.1) is 0 Å². The van der Waals surface area contributed by atoms with Crippen LogP contribution in [-0.4, -0.2) is 37.2 Å². The van der Waals surface area contributed by atoms with Crippen molar-refractivity contribution < 1.29 is 28.6 Å². The van der Waals surface area contributed by atoms with Gasteiger partial charge in [-0.05, 0) is 38.5 Å².